The van der Waals surface area contributed by atoms with E-state index in [2.05, 4.69) is 33.2 Å². The Balaban J connectivity index is 1.78. The maximum absolute atomic E-state index is 12.8. The second kappa shape index (κ2) is 7.61. The molecule has 1 atom stereocenters. The van der Waals surface area contributed by atoms with Crippen molar-refractivity contribution in [2.45, 2.75) is 19.9 Å². The first-order valence-corrected chi connectivity index (χ1v) is 8.82. The largest absolute Gasteiger partial charge is 0.378 e. The van der Waals surface area contributed by atoms with Crippen LogP contribution in [0.3, 0.4) is 0 Å². The van der Waals surface area contributed by atoms with Crippen LogP contribution in [0.25, 0.3) is 11.1 Å². The molecule has 0 fully saturated rings. The molecule has 0 saturated carbocycles. The van der Waals surface area contributed by atoms with Gasteiger partial charge < -0.3 is 14.3 Å². The van der Waals surface area contributed by atoms with E-state index in [1.165, 1.54) is 0 Å². The van der Waals surface area contributed by atoms with E-state index in [0.29, 0.717) is 17.3 Å². The summed E-state index contributed by atoms with van der Waals surface area (Å²) in [7, 11) is 5.77. The van der Waals surface area contributed by atoms with Crippen LogP contribution in [0, 0.1) is 6.92 Å². The first kappa shape index (κ1) is 18.6. The van der Waals surface area contributed by atoms with Gasteiger partial charge in [-0.25, -0.2) is 0 Å². The van der Waals surface area contributed by atoms with E-state index in [9.17, 15) is 4.79 Å². The molecule has 6 nitrogen and oxygen atoms in total. The third-order valence-electron chi connectivity index (χ3n) is 4.63. The number of benzene rings is 2. The van der Waals surface area contributed by atoms with Crippen LogP contribution in [0.4, 0.5) is 5.69 Å². The van der Waals surface area contributed by atoms with Crippen molar-refractivity contribution in [3.8, 4) is 11.1 Å². The molecule has 1 amide bonds. The Bertz CT molecular complexity index is 931. The van der Waals surface area contributed by atoms with Crippen molar-refractivity contribution in [1.29, 1.82) is 0 Å². The summed E-state index contributed by atoms with van der Waals surface area (Å²) in [5.74, 6) is 0.898. The van der Waals surface area contributed by atoms with Gasteiger partial charge in [0.25, 0.3) is 5.91 Å². The summed E-state index contributed by atoms with van der Waals surface area (Å²) in [6, 6.07) is 15.6. The van der Waals surface area contributed by atoms with E-state index >= 15 is 0 Å². The van der Waals surface area contributed by atoms with Crippen LogP contribution in [0.2, 0.25) is 0 Å². The van der Waals surface area contributed by atoms with Gasteiger partial charge in [0.2, 0.25) is 5.89 Å². The molecule has 0 aliphatic rings. The number of aromatic nitrogens is 2. The fourth-order valence-corrected chi connectivity index (χ4v) is 2.80. The van der Waals surface area contributed by atoms with Gasteiger partial charge in [-0.2, -0.15) is 4.98 Å². The normalized spacial score (nSPS) is 11.9. The van der Waals surface area contributed by atoms with Gasteiger partial charge in [0.1, 0.15) is 6.04 Å². The zero-order chi connectivity index (χ0) is 19.6. The van der Waals surface area contributed by atoms with Crippen molar-refractivity contribution in [2.75, 3.05) is 26.0 Å². The number of aryl methyl sites for hydroxylation is 1. The van der Waals surface area contributed by atoms with Gasteiger partial charge in [0.05, 0.1) is 0 Å². The molecule has 0 N–H and O–H groups in total. The fraction of sp³-hybridized carbons (Fsp3) is 0.286. The third-order valence-corrected chi connectivity index (χ3v) is 4.63. The second-order valence-corrected chi connectivity index (χ2v) is 6.79. The highest BCUT2D eigenvalue weighted by atomic mass is 16.5. The SMILES string of the molecule is Cc1noc([C@H](C)N(C)C(=O)c2ccc(-c3cccc(N(C)C)c3)cc2)n1. The molecule has 6 heteroatoms. The number of carbonyl (C=O) groups is 1. The predicted octanol–water partition coefficient (Wildman–Crippen LogP) is 3.94. The van der Waals surface area contributed by atoms with Crippen LogP contribution < -0.4 is 4.90 Å². The quantitative estimate of drug-likeness (QED) is 0.686. The molecule has 0 bridgehead atoms. The van der Waals surface area contributed by atoms with Crippen LogP contribution in [-0.4, -0.2) is 42.1 Å². The Kier molecular flexibility index (Phi) is 5.26. The molecule has 0 aliphatic heterocycles. The van der Waals surface area contributed by atoms with Crippen molar-refractivity contribution in [2.24, 2.45) is 0 Å². The molecule has 140 valence electrons. The maximum atomic E-state index is 12.8. The lowest BCUT2D eigenvalue weighted by molar-refractivity contribution is 0.0716. The Labute approximate surface area is 159 Å². The Morgan fingerprint density at radius 1 is 1.04 bits per heavy atom. The van der Waals surface area contributed by atoms with E-state index in [1.54, 1.807) is 18.9 Å². The minimum Gasteiger partial charge on any atom is -0.378 e. The van der Waals surface area contributed by atoms with Gasteiger partial charge in [0, 0.05) is 32.4 Å². The van der Waals surface area contributed by atoms with Gasteiger partial charge in [-0.1, -0.05) is 29.4 Å². The smallest absolute Gasteiger partial charge is 0.254 e. The number of hydrogen-bond acceptors (Lipinski definition) is 5. The van der Waals surface area contributed by atoms with Crippen molar-refractivity contribution >= 4 is 11.6 Å². The highest BCUT2D eigenvalue weighted by molar-refractivity contribution is 5.94. The molecule has 3 aromatic rings. The van der Waals surface area contributed by atoms with Gasteiger partial charge in [-0.05, 0) is 49.2 Å². The Morgan fingerprint density at radius 2 is 1.74 bits per heavy atom. The topological polar surface area (TPSA) is 62.5 Å². The molecule has 2 aromatic carbocycles. The van der Waals surface area contributed by atoms with Crippen LogP contribution in [0.15, 0.2) is 53.1 Å². The summed E-state index contributed by atoms with van der Waals surface area (Å²) in [6.45, 7) is 3.62. The van der Waals surface area contributed by atoms with E-state index in [4.69, 9.17) is 4.52 Å². The van der Waals surface area contributed by atoms with Crippen molar-refractivity contribution < 1.29 is 9.32 Å². The van der Waals surface area contributed by atoms with E-state index < -0.39 is 0 Å². The molecule has 0 aliphatic carbocycles. The number of carbonyl (C=O) groups excluding carboxylic acids is 1. The minimum absolute atomic E-state index is 0.0908. The zero-order valence-electron chi connectivity index (χ0n) is 16.3. The lowest BCUT2D eigenvalue weighted by Crippen LogP contribution is -2.29. The van der Waals surface area contributed by atoms with E-state index in [0.717, 1.165) is 16.8 Å². The van der Waals surface area contributed by atoms with Gasteiger partial charge in [0.15, 0.2) is 5.82 Å². The molecule has 3 rings (SSSR count). The van der Waals surface area contributed by atoms with Crippen LogP contribution >= 0.6 is 0 Å². The average molecular weight is 364 g/mol. The van der Waals surface area contributed by atoms with Gasteiger partial charge in [-0.15, -0.1) is 0 Å². The first-order chi connectivity index (χ1) is 12.9. The maximum Gasteiger partial charge on any atom is 0.254 e. The predicted molar refractivity (Wildman–Crippen MR) is 106 cm³/mol. The first-order valence-electron chi connectivity index (χ1n) is 8.82. The van der Waals surface area contributed by atoms with Crippen LogP contribution in [-0.2, 0) is 0 Å². The summed E-state index contributed by atoms with van der Waals surface area (Å²) >= 11 is 0. The second-order valence-electron chi connectivity index (χ2n) is 6.79. The highest BCUT2D eigenvalue weighted by Crippen LogP contribution is 2.25. The monoisotopic (exact) mass is 364 g/mol. The van der Waals surface area contributed by atoms with Crippen LogP contribution in [0.1, 0.15) is 35.0 Å². The lowest BCUT2D eigenvalue weighted by atomic mass is 10.0. The summed E-state index contributed by atoms with van der Waals surface area (Å²) in [6.07, 6.45) is 0. The molecule has 0 radical (unpaired) electrons. The fourth-order valence-electron chi connectivity index (χ4n) is 2.80. The van der Waals surface area contributed by atoms with Gasteiger partial charge >= 0.3 is 0 Å². The van der Waals surface area contributed by atoms with Crippen molar-refractivity contribution in [1.82, 2.24) is 15.0 Å². The molecular weight excluding hydrogens is 340 g/mol. The van der Waals surface area contributed by atoms with Crippen molar-refractivity contribution in [3.05, 3.63) is 65.8 Å². The minimum atomic E-state index is -0.296. The Hall–Kier alpha value is -3.15. The molecule has 27 heavy (non-hydrogen) atoms. The molecule has 0 unspecified atom stereocenters. The van der Waals surface area contributed by atoms with Crippen LogP contribution in [0.5, 0.6) is 0 Å². The molecule has 0 saturated heterocycles. The number of hydrogen-bond donors (Lipinski definition) is 0. The van der Waals surface area contributed by atoms with Gasteiger partial charge in [-0.3, -0.25) is 4.79 Å². The number of amides is 1. The number of anilines is 1. The van der Waals surface area contributed by atoms with Crippen molar-refractivity contribution in [3.63, 3.8) is 0 Å². The summed E-state index contributed by atoms with van der Waals surface area (Å²) in [4.78, 5) is 20.7. The van der Waals surface area contributed by atoms with E-state index in [1.807, 2.05) is 51.4 Å². The highest BCUT2D eigenvalue weighted by Gasteiger charge is 2.23. The average Bonchev–Trinajstić information content (AvgIpc) is 3.12. The summed E-state index contributed by atoms with van der Waals surface area (Å²) in [5, 5.41) is 3.79. The zero-order valence-corrected chi connectivity index (χ0v) is 16.3. The lowest BCUT2D eigenvalue weighted by Gasteiger charge is -2.22. The standard InChI is InChI=1S/C21H24N4O2/c1-14(20-22-15(2)23-27-20)25(5)21(26)17-11-9-16(10-12-17)18-7-6-8-19(13-18)24(3)4/h6-14H,1-5H3/t14-/m0/s1. The molecular formula is C21H24N4O2. The Morgan fingerprint density at radius 3 is 2.33 bits per heavy atom. The summed E-state index contributed by atoms with van der Waals surface area (Å²) < 4.78 is 5.18. The summed E-state index contributed by atoms with van der Waals surface area (Å²) in [5.41, 5.74) is 3.94. The molecule has 1 heterocycles. The molecule has 0 spiro atoms. The molecule has 1 aromatic heterocycles. The number of rotatable bonds is 5. The third kappa shape index (κ3) is 4.00. The van der Waals surface area contributed by atoms with E-state index in [-0.39, 0.29) is 11.9 Å². The number of nitrogens with zero attached hydrogens (tertiary/aromatic N) is 4.